The van der Waals surface area contributed by atoms with Crippen molar-refractivity contribution in [3.8, 4) is 0 Å². The second-order valence-corrected chi connectivity index (χ2v) is 7.16. The van der Waals surface area contributed by atoms with Crippen molar-refractivity contribution < 1.29 is 4.92 Å². The van der Waals surface area contributed by atoms with Gasteiger partial charge in [0.05, 0.1) is 16.1 Å². The zero-order valence-electron chi connectivity index (χ0n) is 15.2. The molecule has 1 aromatic heterocycles. The van der Waals surface area contributed by atoms with Crippen molar-refractivity contribution >= 4 is 39.1 Å². The molecule has 0 atom stereocenters. The maximum atomic E-state index is 11.0. The highest BCUT2D eigenvalue weighted by Crippen LogP contribution is 2.30. The molecular weight excluding hydrogens is 384 g/mol. The van der Waals surface area contributed by atoms with Crippen molar-refractivity contribution in [2.24, 2.45) is 5.10 Å². The van der Waals surface area contributed by atoms with Crippen molar-refractivity contribution in [1.29, 1.82) is 0 Å². The molecule has 6 nitrogen and oxygen atoms in total. The van der Waals surface area contributed by atoms with Gasteiger partial charge in [-0.3, -0.25) is 20.5 Å². The van der Waals surface area contributed by atoms with Crippen LogP contribution in [-0.2, 0) is 0 Å². The summed E-state index contributed by atoms with van der Waals surface area (Å²) in [7, 11) is 0. The monoisotopic (exact) mass is 400 g/mol. The van der Waals surface area contributed by atoms with E-state index >= 15 is 0 Å². The van der Waals surface area contributed by atoms with Gasteiger partial charge in [-0.2, -0.15) is 5.10 Å². The van der Waals surface area contributed by atoms with Crippen LogP contribution in [0.4, 0.5) is 11.4 Å². The Hall–Kier alpha value is -3.71. The lowest BCUT2D eigenvalue weighted by Crippen LogP contribution is -2.01. The number of thioether (sulfide) groups is 1. The topological polar surface area (TPSA) is 80.4 Å². The summed E-state index contributed by atoms with van der Waals surface area (Å²) in [6, 6.07) is 25.9. The molecule has 0 radical (unpaired) electrons. The summed E-state index contributed by atoms with van der Waals surface area (Å²) in [6.45, 7) is 0. The molecule has 0 saturated heterocycles. The van der Waals surface area contributed by atoms with Gasteiger partial charge >= 0.3 is 0 Å². The van der Waals surface area contributed by atoms with Gasteiger partial charge in [-0.05, 0) is 36.4 Å². The summed E-state index contributed by atoms with van der Waals surface area (Å²) in [4.78, 5) is 16.0. The number of hydrogen-bond donors (Lipinski definition) is 1. The molecule has 142 valence electrons. The van der Waals surface area contributed by atoms with Crippen LogP contribution in [0.15, 0.2) is 101 Å². The van der Waals surface area contributed by atoms with E-state index in [1.165, 1.54) is 23.9 Å². The average Bonchev–Trinajstić information content (AvgIpc) is 2.77. The molecule has 29 heavy (non-hydrogen) atoms. The summed E-state index contributed by atoms with van der Waals surface area (Å²) < 4.78 is 0. The Morgan fingerprint density at radius 2 is 1.69 bits per heavy atom. The van der Waals surface area contributed by atoms with Crippen LogP contribution in [0, 0.1) is 10.1 Å². The fourth-order valence-electron chi connectivity index (χ4n) is 2.76. The van der Waals surface area contributed by atoms with E-state index in [1.807, 2.05) is 60.7 Å². The smallest absolute Gasteiger partial charge is 0.269 e. The van der Waals surface area contributed by atoms with Gasteiger partial charge in [0.1, 0.15) is 5.04 Å². The molecule has 0 amide bonds. The maximum Gasteiger partial charge on any atom is 0.269 e. The second kappa shape index (κ2) is 8.53. The normalized spacial score (nSPS) is 11.4. The quantitative estimate of drug-likeness (QED) is 0.153. The van der Waals surface area contributed by atoms with Crippen LogP contribution < -0.4 is 5.43 Å². The Morgan fingerprint density at radius 3 is 2.45 bits per heavy atom. The van der Waals surface area contributed by atoms with E-state index in [4.69, 9.17) is 0 Å². The highest BCUT2D eigenvalue weighted by molar-refractivity contribution is 8.14. The van der Waals surface area contributed by atoms with E-state index < -0.39 is 4.92 Å². The van der Waals surface area contributed by atoms with Gasteiger partial charge in [-0.1, -0.05) is 48.2 Å². The van der Waals surface area contributed by atoms with Crippen molar-refractivity contribution in [2.45, 2.75) is 4.90 Å². The van der Waals surface area contributed by atoms with Gasteiger partial charge in [0, 0.05) is 34.2 Å². The number of nitrogens with one attached hydrogen (secondary N) is 1. The van der Waals surface area contributed by atoms with E-state index in [1.54, 1.807) is 18.3 Å². The molecule has 4 rings (SSSR count). The first-order valence-electron chi connectivity index (χ1n) is 8.86. The zero-order chi connectivity index (χ0) is 20.1. The molecule has 0 saturated carbocycles. The number of hydrazone groups is 1. The zero-order valence-corrected chi connectivity index (χ0v) is 16.0. The average molecular weight is 400 g/mol. The van der Waals surface area contributed by atoms with Gasteiger partial charge in [0.25, 0.3) is 5.69 Å². The first-order valence-corrected chi connectivity index (χ1v) is 9.67. The molecule has 0 aliphatic carbocycles. The van der Waals surface area contributed by atoms with Gasteiger partial charge < -0.3 is 0 Å². The summed E-state index contributed by atoms with van der Waals surface area (Å²) in [5.74, 6) is 0. The van der Waals surface area contributed by atoms with Gasteiger partial charge in [-0.25, -0.2) is 0 Å². The minimum absolute atomic E-state index is 0.0425. The summed E-state index contributed by atoms with van der Waals surface area (Å²) >= 11 is 1.46. The Bertz CT molecular complexity index is 1170. The number of nitro benzene ring substituents is 1. The number of pyridine rings is 1. The first kappa shape index (κ1) is 18.6. The maximum absolute atomic E-state index is 11.0. The third-order valence-electron chi connectivity index (χ3n) is 4.19. The van der Waals surface area contributed by atoms with Crippen LogP contribution in [0.1, 0.15) is 5.56 Å². The van der Waals surface area contributed by atoms with E-state index in [0.717, 1.165) is 27.0 Å². The van der Waals surface area contributed by atoms with Crippen molar-refractivity contribution in [1.82, 2.24) is 4.98 Å². The predicted octanol–water partition coefficient (Wildman–Crippen LogP) is 5.71. The standard InChI is InChI=1S/C22H16N4O2S/c27-26(28)19-13-11-17(12-14-19)22(25-24-18-8-2-1-3-9-18)29-20-10-4-6-16-7-5-15-23-21(16)20/h1-15,24H. The van der Waals surface area contributed by atoms with Crippen LogP contribution in [-0.4, -0.2) is 15.0 Å². The molecule has 1 N–H and O–H groups in total. The third kappa shape index (κ3) is 4.41. The van der Waals surface area contributed by atoms with Crippen molar-refractivity contribution in [3.63, 3.8) is 0 Å². The molecule has 0 unspecified atom stereocenters. The van der Waals surface area contributed by atoms with E-state index in [9.17, 15) is 10.1 Å². The molecule has 1 heterocycles. The number of nitro groups is 1. The largest absolute Gasteiger partial charge is 0.277 e. The van der Waals surface area contributed by atoms with Crippen LogP contribution in [0.5, 0.6) is 0 Å². The molecule has 3 aromatic carbocycles. The SMILES string of the molecule is O=[N+]([O-])c1ccc(C(=NNc2ccccc2)Sc2cccc3cccnc23)cc1. The number of rotatable bonds is 5. The van der Waals surface area contributed by atoms with Crippen molar-refractivity contribution in [2.75, 3.05) is 5.43 Å². The third-order valence-corrected chi connectivity index (χ3v) is 5.26. The Morgan fingerprint density at radius 1 is 0.931 bits per heavy atom. The van der Waals surface area contributed by atoms with Gasteiger partial charge in [0.15, 0.2) is 0 Å². The number of hydrogen-bond acceptors (Lipinski definition) is 6. The van der Waals surface area contributed by atoms with Crippen LogP contribution in [0.2, 0.25) is 0 Å². The highest BCUT2D eigenvalue weighted by atomic mass is 32.2. The molecule has 0 aliphatic heterocycles. The number of non-ortho nitro benzene ring substituents is 1. The van der Waals surface area contributed by atoms with E-state index in [2.05, 4.69) is 15.5 Å². The Labute approximate surface area is 171 Å². The first-order chi connectivity index (χ1) is 14.2. The summed E-state index contributed by atoms with van der Waals surface area (Å²) in [6.07, 6.45) is 1.76. The Balaban J connectivity index is 1.72. The minimum Gasteiger partial charge on any atom is -0.277 e. The number of fused-ring (bicyclic) bond motifs is 1. The van der Waals surface area contributed by atoms with Gasteiger partial charge in [0.2, 0.25) is 0 Å². The number of anilines is 1. The molecule has 0 spiro atoms. The molecule has 7 heteroatoms. The Kier molecular flexibility index (Phi) is 5.49. The minimum atomic E-state index is -0.412. The lowest BCUT2D eigenvalue weighted by atomic mass is 10.2. The highest BCUT2D eigenvalue weighted by Gasteiger charge is 2.12. The summed E-state index contributed by atoms with van der Waals surface area (Å²) in [5, 5.41) is 17.3. The van der Waals surface area contributed by atoms with Gasteiger partial charge in [-0.15, -0.1) is 0 Å². The number of aromatic nitrogens is 1. The fraction of sp³-hybridized carbons (Fsp3) is 0. The van der Waals surface area contributed by atoms with E-state index in [-0.39, 0.29) is 5.69 Å². The lowest BCUT2D eigenvalue weighted by molar-refractivity contribution is -0.384. The number of nitrogens with zero attached hydrogens (tertiary/aromatic N) is 3. The molecule has 4 aromatic rings. The molecule has 0 fully saturated rings. The lowest BCUT2D eigenvalue weighted by Gasteiger charge is -2.10. The predicted molar refractivity (Wildman–Crippen MR) is 117 cm³/mol. The van der Waals surface area contributed by atoms with Crippen LogP contribution in [0.25, 0.3) is 10.9 Å². The van der Waals surface area contributed by atoms with Crippen LogP contribution in [0.3, 0.4) is 0 Å². The fourth-order valence-corrected chi connectivity index (χ4v) is 3.73. The number of para-hydroxylation sites is 2. The second-order valence-electron chi connectivity index (χ2n) is 6.13. The van der Waals surface area contributed by atoms with Crippen molar-refractivity contribution in [3.05, 3.63) is 107 Å². The summed E-state index contributed by atoms with van der Waals surface area (Å²) in [5.41, 5.74) is 5.61. The molecule has 0 aliphatic rings. The van der Waals surface area contributed by atoms with E-state index in [0.29, 0.717) is 5.04 Å². The molecular formula is C22H16N4O2S. The number of benzene rings is 3. The van der Waals surface area contributed by atoms with Crippen LogP contribution >= 0.6 is 11.8 Å². The molecule has 0 bridgehead atoms.